The van der Waals surface area contributed by atoms with Crippen LogP contribution < -0.4 is 5.32 Å². The summed E-state index contributed by atoms with van der Waals surface area (Å²) in [4.78, 5) is 24.4. The normalized spacial score (nSPS) is 20.4. The van der Waals surface area contributed by atoms with Gasteiger partial charge in [-0.1, -0.05) is 27.7 Å². The van der Waals surface area contributed by atoms with Crippen LogP contribution in [0.2, 0.25) is 0 Å². The highest BCUT2D eigenvalue weighted by atomic mass is 16.4. The van der Waals surface area contributed by atoms with Gasteiger partial charge in [0.05, 0.1) is 5.92 Å². The van der Waals surface area contributed by atoms with Crippen molar-refractivity contribution < 1.29 is 14.7 Å². The van der Waals surface area contributed by atoms with Gasteiger partial charge in [-0.3, -0.25) is 9.59 Å². The quantitative estimate of drug-likeness (QED) is 0.814. The van der Waals surface area contributed by atoms with E-state index in [9.17, 15) is 9.59 Å². The molecule has 2 N–H and O–H groups in total. The first-order chi connectivity index (χ1) is 9.50. The van der Waals surface area contributed by atoms with Crippen molar-refractivity contribution >= 4 is 11.9 Å². The standard InChI is InChI=1S/C11H20N2O3.2C2H6/c1-13(2)6-5-12-10(14)8-3-4-9(7-8)11(15)16;2*1-2/h8-9H,3-7H2,1-2H3,(H,12,14)(H,15,16);2*1-2H3. The Morgan fingerprint density at radius 1 is 1.10 bits per heavy atom. The second-order valence-electron chi connectivity index (χ2n) is 4.64. The van der Waals surface area contributed by atoms with Crippen LogP contribution in [0.15, 0.2) is 0 Å². The van der Waals surface area contributed by atoms with E-state index in [0.29, 0.717) is 25.8 Å². The van der Waals surface area contributed by atoms with Gasteiger partial charge in [-0.25, -0.2) is 0 Å². The Balaban J connectivity index is 0. The maximum absolute atomic E-state index is 11.7. The van der Waals surface area contributed by atoms with Gasteiger partial charge in [-0.15, -0.1) is 0 Å². The number of carbonyl (C=O) groups excluding carboxylic acids is 1. The van der Waals surface area contributed by atoms with E-state index in [0.717, 1.165) is 6.54 Å². The summed E-state index contributed by atoms with van der Waals surface area (Å²) in [5.41, 5.74) is 0. The molecule has 0 aromatic rings. The highest BCUT2D eigenvalue weighted by Crippen LogP contribution is 2.30. The molecule has 0 aromatic heterocycles. The van der Waals surface area contributed by atoms with Crippen molar-refractivity contribution in [3.63, 3.8) is 0 Å². The number of nitrogens with one attached hydrogen (secondary N) is 1. The SMILES string of the molecule is CC.CC.CN(C)CCNC(=O)C1CCC(C(=O)O)C1. The number of aliphatic carboxylic acids is 1. The fraction of sp³-hybridized carbons (Fsp3) is 0.867. The topological polar surface area (TPSA) is 69.6 Å². The third-order valence-corrected chi connectivity index (χ3v) is 3.01. The zero-order valence-electron chi connectivity index (χ0n) is 13.9. The summed E-state index contributed by atoms with van der Waals surface area (Å²) in [7, 11) is 3.89. The van der Waals surface area contributed by atoms with Crippen LogP contribution in [0.4, 0.5) is 0 Å². The monoisotopic (exact) mass is 288 g/mol. The average molecular weight is 288 g/mol. The van der Waals surface area contributed by atoms with E-state index >= 15 is 0 Å². The zero-order chi connectivity index (χ0) is 16.1. The molecule has 1 aliphatic rings. The maximum atomic E-state index is 11.7. The Bertz CT molecular complexity index is 268. The molecule has 0 radical (unpaired) electrons. The Morgan fingerprint density at radius 3 is 2.00 bits per heavy atom. The molecule has 1 saturated carbocycles. The van der Waals surface area contributed by atoms with Crippen LogP contribution in [0.1, 0.15) is 47.0 Å². The van der Waals surface area contributed by atoms with Crippen LogP contribution in [0.5, 0.6) is 0 Å². The van der Waals surface area contributed by atoms with Crippen molar-refractivity contribution in [2.45, 2.75) is 47.0 Å². The van der Waals surface area contributed by atoms with Crippen molar-refractivity contribution in [2.75, 3.05) is 27.2 Å². The Kier molecular flexibility index (Phi) is 13.7. The van der Waals surface area contributed by atoms with Crippen LogP contribution in [-0.2, 0) is 9.59 Å². The van der Waals surface area contributed by atoms with Crippen LogP contribution >= 0.6 is 0 Å². The van der Waals surface area contributed by atoms with Gasteiger partial charge in [-0.2, -0.15) is 0 Å². The lowest BCUT2D eigenvalue weighted by atomic mass is 10.0. The van der Waals surface area contributed by atoms with Gasteiger partial charge in [0.15, 0.2) is 0 Å². The van der Waals surface area contributed by atoms with Gasteiger partial charge in [-0.05, 0) is 33.4 Å². The highest BCUT2D eigenvalue weighted by Gasteiger charge is 2.33. The third kappa shape index (κ3) is 8.91. The number of carbonyl (C=O) groups is 2. The molecule has 1 rings (SSSR count). The Labute approximate surface area is 123 Å². The van der Waals surface area contributed by atoms with Crippen molar-refractivity contribution in [2.24, 2.45) is 11.8 Å². The first-order valence-electron chi connectivity index (χ1n) is 7.66. The zero-order valence-corrected chi connectivity index (χ0v) is 13.9. The second kappa shape index (κ2) is 12.9. The summed E-state index contributed by atoms with van der Waals surface area (Å²) < 4.78 is 0. The molecule has 120 valence electrons. The van der Waals surface area contributed by atoms with E-state index in [4.69, 9.17) is 5.11 Å². The number of hydrogen-bond acceptors (Lipinski definition) is 3. The molecule has 2 atom stereocenters. The predicted octanol–water partition coefficient (Wildman–Crippen LogP) is 2.22. The molecule has 5 heteroatoms. The van der Waals surface area contributed by atoms with Gasteiger partial charge in [0.25, 0.3) is 0 Å². The number of hydrogen-bond donors (Lipinski definition) is 2. The minimum absolute atomic E-state index is 0.00519. The number of amides is 1. The van der Waals surface area contributed by atoms with Gasteiger partial charge < -0.3 is 15.3 Å². The molecule has 5 nitrogen and oxygen atoms in total. The summed E-state index contributed by atoms with van der Waals surface area (Å²) in [6.07, 6.45) is 1.81. The molecule has 2 unspecified atom stereocenters. The number of likely N-dealkylation sites (N-methyl/N-ethyl adjacent to an activating group) is 1. The number of rotatable bonds is 5. The molecule has 0 aliphatic heterocycles. The Hall–Kier alpha value is -1.10. The summed E-state index contributed by atoms with van der Waals surface area (Å²) in [5, 5.41) is 11.7. The van der Waals surface area contributed by atoms with Crippen molar-refractivity contribution in [1.82, 2.24) is 10.2 Å². The molecular formula is C15H32N2O3. The molecule has 1 aliphatic carbocycles. The molecular weight excluding hydrogens is 256 g/mol. The molecule has 1 fully saturated rings. The molecule has 20 heavy (non-hydrogen) atoms. The minimum atomic E-state index is -0.774. The number of nitrogens with zero attached hydrogens (tertiary/aromatic N) is 1. The number of carboxylic acids is 1. The highest BCUT2D eigenvalue weighted by molar-refractivity contribution is 5.80. The maximum Gasteiger partial charge on any atom is 0.306 e. The summed E-state index contributed by atoms with van der Waals surface area (Å²) in [5.74, 6) is -1.21. The van der Waals surface area contributed by atoms with Crippen LogP contribution in [0.25, 0.3) is 0 Å². The van der Waals surface area contributed by atoms with Crippen LogP contribution in [-0.4, -0.2) is 49.1 Å². The minimum Gasteiger partial charge on any atom is -0.481 e. The predicted molar refractivity (Wildman–Crippen MR) is 82.7 cm³/mol. The van der Waals surface area contributed by atoms with Crippen molar-refractivity contribution in [3.05, 3.63) is 0 Å². The third-order valence-electron chi connectivity index (χ3n) is 3.01. The lowest BCUT2D eigenvalue weighted by molar-refractivity contribution is -0.141. The summed E-state index contributed by atoms with van der Waals surface area (Å²) >= 11 is 0. The first-order valence-corrected chi connectivity index (χ1v) is 7.66. The summed E-state index contributed by atoms with van der Waals surface area (Å²) in [6, 6.07) is 0. The van der Waals surface area contributed by atoms with Gasteiger partial charge in [0.2, 0.25) is 5.91 Å². The van der Waals surface area contributed by atoms with Crippen LogP contribution in [0, 0.1) is 11.8 Å². The molecule has 0 aromatic carbocycles. The molecule has 1 amide bonds. The molecule has 0 saturated heterocycles. The van der Waals surface area contributed by atoms with Crippen molar-refractivity contribution in [1.29, 1.82) is 0 Å². The second-order valence-corrected chi connectivity index (χ2v) is 4.64. The van der Waals surface area contributed by atoms with E-state index in [2.05, 4.69) is 5.32 Å². The van der Waals surface area contributed by atoms with E-state index in [1.54, 1.807) is 0 Å². The average Bonchev–Trinajstić information content (AvgIpc) is 2.92. The fourth-order valence-corrected chi connectivity index (χ4v) is 1.99. The first kappa shape index (κ1) is 21.2. The van der Waals surface area contributed by atoms with E-state index in [1.807, 2.05) is 46.7 Å². The van der Waals surface area contributed by atoms with Gasteiger partial charge in [0.1, 0.15) is 0 Å². The number of carboxylic acid groups (broad SMARTS) is 1. The smallest absolute Gasteiger partial charge is 0.306 e. The fourth-order valence-electron chi connectivity index (χ4n) is 1.99. The Morgan fingerprint density at radius 2 is 1.60 bits per heavy atom. The summed E-state index contributed by atoms with van der Waals surface area (Å²) in [6.45, 7) is 9.43. The lowest BCUT2D eigenvalue weighted by Gasteiger charge is -2.13. The van der Waals surface area contributed by atoms with E-state index in [-0.39, 0.29) is 17.7 Å². The lowest BCUT2D eigenvalue weighted by Crippen LogP contribution is -2.35. The molecule has 0 heterocycles. The van der Waals surface area contributed by atoms with Gasteiger partial charge >= 0.3 is 5.97 Å². The van der Waals surface area contributed by atoms with Crippen molar-refractivity contribution in [3.8, 4) is 0 Å². The van der Waals surface area contributed by atoms with E-state index in [1.165, 1.54) is 0 Å². The molecule has 0 spiro atoms. The molecule has 0 bridgehead atoms. The van der Waals surface area contributed by atoms with E-state index < -0.39 is 5.97 Å². The van der Waals surface area contributed by atoms with Gasteiger partial charge in [0, 0.05) is 19.0 Å². The van der Waals surface area contributed by atoms with Crippen LogP contribution in [0.3, 0.4) is 0 Å². The largest absolute Gasteiger partial charge is 0.481 e.